The van der Waals surface area contributed by atoms with Crippen LogP contribution >= 0.6 is 11.6 Å². The standard InChI is InChI=1S/C26H35ClN2O3/c1-15-7-8-29(23(15)30)26-12-17-10-18(13-26)22(19(11-17)14-26)28-24(31)25(3,4)32-21-6-5-20(27)9-16(21)2/h5-6,9,15,17-19,22H,7-8,10-14H2,1-4H3,(H,28,31)/t15?,17?,18-,19+,22?,26?. The Hall–Kier alpha value is -1.75. The highest BCUT2D eigenvalue weighted by molar-refractivity contribution is 6.30. The van der Waals surface area contributed by atoms with Crippen LogP contribution in [0, 0.1) is 30.6 Å². The van der Waals surface area contributed by atoms with E-state index in [1.54, 1.807) is 6.07 Å². The molecule has 5 nitrogen and oxygen atoms in total. The molecule has 0 radical (unpaired) electrons. The Kier molecular flexibility index (Phi) is 5.27. The molecular weight excluding hydrogens is 424 g/mol. The van der Waals surface area contributed by atoms with Gasteiger partial charge >= 0.3 is 0 Å². The Labute approximate surface area is 196 Å². The number of nitrogens with one attached hydrogen (secondary N) is 1. The molecular formula is C26H35ClN2O3. The quantitative estimate of drug-likeness (QED) is 0.693. The fourth-order valence-electron chi connectivity index (χ4n) is 7.21. The van der Waals surface area contributed by atoms with E-state index in [0.717, 1.165) is 37.8 Å². The third-order valence-electron chi connectivity index (χ3n) is 8.63. The molecule has 5 aliphatic rings. The maximum Gasteiger partial charge on any atom is 0.263 e. The number of amides is 2. The number of hydrogen-bond donors (Lipinski definition) is 1. The normalized spacial score (nSPS) is 36.0. The van der Waals surface area contributed by atoms with Crippen LogP contribution in [-0.2, 0) is 9.59 Å². The van der Waals surface area contributed by atoms with Gasteiger partial charge in [-0.2, -0.15) is 0 Å². The number of benzene rings is 1. The van der Waals surface area contributed by atoms with Gasteiger partial charge in [0.2, 0.25) is 5.91 Å². The van der Waals surface area contributed by atoms with Crippen molar-refractivity contribution in [1.29, 1.82) is 0 Å². The minimum atomic E-state index is -0.981. The van der Waals surface area contributed by atoms with Crippen molar-refractivity contribution in [3.05, 3.63) is 28.8 Å². The molecule has 1 aromatic rings. The summed E-state index contributed by atoms with van der Waals surface area (Å²) in [7, 11) is 0. The Morgan fingerprint density at radius 1 is 1.22 bits per heavy atom. The monoisotopic (exact) mass is 458 g/mol. The van der Waals surface area contributed by atoms with E-state index in [-0.39, 0.29) is 23.4 Å². The third kappa shape index (κ3) is 3.61. The van der Waals surface area contributed by atoms with Crippen LogP contribution in [0.25, 0.3) is 0 Å². The first-order chi connectivity index (χ1) is 15.1. The summed E-state index contributed by atoms with van der Waals surface area (Å²) in [6.45, 7) is 8.57. The molecule has 174 valence electrons. The van der Waals surface area contributed by atoms with Gasteiger partial charge in [0.1, 0.15) is 5.75 Å². The number of likely N-dealkylation sites (tertiary alicyclic amines) is 1. The van der Waals surface area contributed by atoms with Gasteiger partial charge in [-0.25, -0.2) is 0 Å². The number of halogens is 1. The number of nitrogens with zero attached hydrogens (tertiary/aromatic N) is 1. The highest BCUT2D eigenvalue weighted by atomic mass is 35.5. The number of carbonyl (C=O) groups is 2. The summed E-state index contributed by atoms with van der Waals surface area (Å²) in [5.41, 5.74) is -0.0310. The summed E-state index contributed by atoms with van der Waals surface area (Å²) in [5, 5.41) is 4.05. The molecule has 0 spiro atoms. The molecule has 1 aliphatic heterocycles. The number of rotatable bonds is 5. The van der Waals surface area contributed by atoms with Crippen molar-refractivity contribution < 1.29 is 14.3 Å². The Bertz CT molecular complexity index is 929. The zero-order valence-electron chi connectivity index (χ0n) is 19.6. The molecule has 2 amide bonds. The molecule has 4 saturated carbocycles. The second-order valence-corrected chi connectivity index (χ2v) is 11.8. The average molecular weight is 459 g/mol. The predicted octanol–water partition coefficient (Wildman–Crippen LogP) is 4.74. The highest BCUT2D eigenvalue weighted by Crippen LogP contribution is 2.58. The molecule has 6 rings (SSSR count). The highest BCUT2D eigenvalue weighted by Gasteiger charge is 2.59. The molecule has 4 aliphatic carbocycles. The zero-order chi connectivity index (χ0) is 22.8. The summed E-state index contributed by atoms with van der Waals surface area (Å²) in [6.07, 6.45) is 6.53. The van der Waals surface area contributed by atoms with E-state index in [2.05, 4.69) is 17.1 Å². The van der Waals surface area contributed by atoms with Crippen molar-refractivity contribution in [2.45, 2.75) is 83.4 Å². The van der Waals surface area contributed by atoms with Crippen LogP contribution in [0.4, 0.5) is 0 Å². The fraction of sp³-hybridized carbons (Fsp3) is 0.692. The molecule has 6 atom stereocenters. The number of aryl methyl sites for hydroxylation is 1. The van der Waals surface area contributed by atoms with Crippen LogP contribution in [0.15, 0.2) is 18.2 Å². The average Bonchev–Trinajstić information content (AvgIpc) is 3.05. The van der Waals surface area contributed by atoms with Crippen LogP contribution in [0.1, 0.15) is 64.9 Å². The van der Waals surface area contributed by atoms with Crippen molar-refractivity contribution >= 4 is 23.4 Å². The second-order valence-electron chi connectivity index (χ2n) is 11.4. The van der Waals surface area contributed by atoms with Gasteiger partial charge in [-0.3, -0.25) is 9.59 Å². The van der Waals surface area contributed by atoms with Gasteiger partial charge in [-0.05, 0) is 101 Å². The van der Waals surface area contributed by atoms with Gasteiger partial charge in [0, 0.05) is 29.1 Å². The second kappa shape index (κ2) is 7.65. The van der Waals surface area contributed by atoms with Gasteiger partial charge in [-0.15, -0.1) is 0 Å². The lowest BCUT2D eigenvalue weighted by atomic mass is 9.50. The van der Waals surface area contributed by atoms with Crippen molar-refractivity contribution in [3.8, 4) is 5.75 Å². The largest absolute Gasteiger partial charge is 0.478 e. The summed E-state index contributed by atoms with van der Waals surface area (Å²) in [4.78, 5) is 28.4. The van der Waals surface area contributed by atoms with Crippen molar-refractivity contribution in [2.75, 3.05) is 6.54 Å². The van der Waals surface area contributed by atoms with E-state index < -0.39 is 5.60 Å². The predicted molar refractivity (Wildman–Crippen MR) is 125 cm³/mol. The smallest absolute Gasteiger partial charge is 0.263 e. The molecule has 1 saturated heterocycles. The van der Waals surface area contributed by atoms with E-state index in [1.807, 2.05) is 32.9 Å². The third-order valence-corrected chi connectivity index (χ3v) is 8.87. The lowest BCUT2D eigenvalue weighted by Gasteiger charge is -2.62. The van der Waals surface area contributed by atoms with Gasteiger partial charge in [0.15, 0.2) is 5.60 Å². The van der Waals surface area contributed by atoms with E-state index in [1.165, 1.54) is 12.8 Å². The fourth-order valence-corrected chi connectivity index (χ4v) is 7.44. The number of carbonyl (C=O) groups excluding carboxylic acids is 2. The molecule has 1 heterocycles. The molecule has 4 unspecified atom stereocenters. The van der Waals surface area contributed by atoms with Gasteiger partial charge in [0.25, 0.3) is 5.91 Å². The zero-order valence-corrected chi connectivity index (χ0v) is 20.4. The van der Waals surface area contributed by atoms with Crippen LogP contribution < -0.4 is 10.1 Å². The molecule has 4 bridgehead atoms. The molecule has 0 aromatic heterocycles. The van der Waals surface area contributed by atoms with Crippen molar-refractivity contribution in [2.24, 2.45) is 23.7 Å². The van der Waals surface area contributed by atoms with Crippen LogP contribution in [-0.4, -0.2) is 40.4 Å². The van der Waals surface area contributed by atoms with Crippen LogP contribution in [0.3, 0.4) is 0 Å². The maximum atomic E-state index is 13.3. The number of hydrogen-bond acceptors (Lipinski definition) is 3. The minimum absolute atomic E-state index is 0.0337. The minimum Gasteiger partial charge on any atom is -0.478 e. The topological polar surface area (TPSA) is 58.6 Å². The van der Waals surface area contributed by atoms with Crippen LogP contribution in [0.5, 0.6) is 5.75 Å². The van der Waals surface area contributed by atoms with Crippen molar-refractivity contribution in [3.63, 3.8) is 0 Å². The SMILES string of the molecule is Cc1cc(Cl)ccc1OC(C)(C)C(=O)NC1[C@@H]2CC3C[C@H]1CC(N1CCC(C)C1=O)(C3)C2. The number of ether oxygens (including phenoxy) is 1. The molecule has 5 fully saturated rings. The van der Waals surface area contributed by atoms with E-state index in [4.69, 9.17) is 16.3 Å². The van der Waals surface area contributed by atoms with Gasteiger partial charge < -0.3 is 15.0 Å². The van der Waals surface area contributed by atoms with E-state index in [0.29, 0.717) is 34.4 Å². The van der Waals surface area contributed by atoms with Gasteiger partial charge in [0.05, 0.1) is 0 Å². The summed E-state index contributed by atoms with van der Waals surface area (Å²) in [6, 6.07) is 5.64. The molecule has 1 aromatic carbocycles. The summed E-state index contributed by atoms with van der Waals surface area (Å²) in [5.74, 6) is 2.70. The summed E-state index contributed by atoms with van der Waals surface area (Å²) < 4.78 is 6.15. The van der Waals surface area contributed by atoms with E-state index in [9.17, 15) is 9.59 Å². The van der Waals surface area contributed by atoms with E-state index >= 15 is 0 Å². The van der Waals surface area contributed by atoms with Crippen molar-refractivity contribution in [1.82, 2.24) is 10.2 Å². The molecule has 1 N–H and O–H groups in total. The Morgan fingerprint density at radius 2 is 1.91 bits per heavy atom. The molecule has 32 heavy (non-hydrogen) atoms. The first-order valence-electron chi connectivity index (χ1n) is 12.2. The van der Waals surface area contributed by atoms with Crippen LogP contribution in [0.2, 0.25) is 5.02 Å². The first kappa shape index (κ1) is 22.1. The maximum absolute atomic E-state index is 13.3. The first-order valence-corrected chi connectivity index (χ1v) is 12.5. The lowest BCUT2D eigenvalue weighted by molar-refractivity contribution is -0.154. The summed E-state index contributed by atoms with van der Waals surface area (Å²) >= 11 is 6.07. The van der Waals surface area contributed by atoms with Gasteiger partial charge in [-0.1, -0.05) is 18.5 Å². The molecule has 6 heteroatoms. The Morgan fingerprint density at radius 3 is 2.50 bits per heavy atom. The Balaban J connectivity index is 1.30. The lowest BCUT2D eigenvalue weighted by Crippen LogP contribution is -2.68.